The third kappa shape index (κ3) is 9.50. The van der Waals surface area contributed by atoms with Crippen molar-refractivity contribution in [3.63, 3.8) is 0 Å². The molecule has 0 radical (unpaired) electrons. The van der Waals surface area contributed by atoms with Crippen LogP contribution < -0.4 is 0 Å². The van der Waals surface area contributed by atoms with Crippen LogP contribution >= 0.6 is 0 Å². The van der Waals surface area contributed by atoms with Crippen LogP contribution in [0, 0.1) is 0 Å². The first-order valence-corrected chi connectivity index (χ1v) is 11.4. The van der Waals surface area contributed by atoms with E-state index in [-0.39, 0.29) is 19.3 Å². The van der Waals surface area contributed by atoms with Gasteiger partial charge in [-0.25, -0.2) is 9.59 Å². The van der Waals surface area contributed by atoms with Crippen LogP contribution in [0.15, 0.2) is 12.2 Å². The molecule has 1 aliphatic rings. The van der Waals surface area contributed by atoms with Gasteiger partial charge in [0.25, 0.3) is 0 Å². The van der Waals surface area contributed by atoms with E-state index in [9.17, 15) is 24.0 Å². The molecule has 0 aliphatic carbocycles. The molecule has 1 heterocycles. The van der Waals surface area contributed by atoms with Gasteiger partial charge < -0.3 is 28.4 Å². The van der Waals surface area contributed by atoms with E-state index in [0.717, 1.165) is 19.3 Å². The van der Waals surface area contributed by atoms with Crippen molar-refractivity contribution in [2.24, 2.45) is 0 Å². The van der Waals surface area contributed by atoms with Gasteiger partial charge in [0.15, 0.2) is 12.2 Å². The van der Waals surface area contributed by atoms with Gasteiger partial charge in [0.1, 0.15) is 0 Å². The lowest BCUT2D eigenvalue weighted by atomic mass is 9.98. The molecule has 0 N–H and O–H groups in total. The van der Waals surface area contributed by atoms with Crippen molar-refractivity contribution >= 4 is 29.8 Å². The van der Waals surface area contributed by atoms with Crippen LogP contribution in [0.25, 0.3) is 0 Å². The average molecular weight is 487 g/mol. The largest absolute Gasteiger partial charge is 0.466 e. The maximum absolute atomic E-state index is 12.4. The van der Waals surface area contributed by atoms with Gasteiger partial charge in [-0.3, -0.25) is 14.4 Å². The van der Waals surface area contributed by atoms with Gasteiger partial charge in [0.05, 0.1) is 13.2 Å². The Bertz CT molecular complexity index is 745. The highest BCUT2D eigenvalue weighted by molar-refractivity contribution is 5.91. The predicted molar refractivity (Wildman–Crippen MR) is 116 cm³/mol. The van der Waals surface area contributed by atoms with E-state index in [1.807, 2.05) is 0 Å². The number of hydrogen-bond donors (Lipinski definition) is 0. The van der Waals surface area contributed by atoms with Crippen molar-refractivity contribution < 1.29 is 52.4 Å². The quantitative estimate of drug-likeness (QED) is 0.227. The summed E-state index contributed by atoms with van der Waals surface area (Å²) in [7, 11) is 1.14. The lowest BCUT2D eigenvalue weighted by molar-refractivity contribution is -0.293. The van der Waals surface area contributed by atoms with Gasteiger partial charge >= 0.3 is 29.8 Å². The van der Waals surface area contributed by atoms with Crippen LogP contribution in [-0.2, 0) is 52.4 Å². The standard InChI is InChI=1S/C23H34O11/c1-6-9-16(25)31-20-14(4)30-23(34-19(28)13-12-15(24)29-5)22(33-18(27)11-8-3)21(20)32-17(26)10-7-2/h12-14,20-23H,6-11H2,1-5H3/b13-12+/t14-,20+,21+,22-,23+/m1/s1. The number of methoxy groups -OCH3 is 1. The molecule has 34 heavy (non-hydrogen) atoms. The number of carbonyl (C=O) groups is 5. The van der Waals surface area contributed by atoms with E-state index in [4.69, 9.17) is 23.7 Å². The molecule has 0 unspecified atom stereocenters. The number of carbonyl (C=O) groups excluding carboxylic acids is 5. The second kappa shape index (κ2) is 15.0. The van der Waals surface area contributed by atoms with Crippen LogP contribution in [0.1, 0.15) is 66.2 Å². The molecule has 0 spiro atoms. The topological polar surface area (TPSA) is 141 Å². The van der Waals surface area contributed by atoms with Gasteiger partial charge in [0, 0.05) is 31.4 Å². The highest BCUT2D eigenvalue weighted by atomic mass is 16.7. The van der Waals surface area contributed by atoms with Crippen LogP contribution in [0.5, 0.6) is 0 Å². The van der Waals surface area contributed by atoms with Crippen molar-refractivity contribution in [1.29, 1.82) is 0 Å². The average Bonchev–Trinajstić information content (AvgIpc) is 2.77. The molecular weight excluding hydrogens is 452 g/mol. The van der Waals surface area contributed by atoms with Gasteiger partial charge in [-0.05, 0) is 26.2 Å². The van der Waals surface area contributed by atoms with E-state index >= 15 is 0 Å². The summed E-state index contributed by atoms with van der Waals surface area (Å²) in [4.78, 5) is 60.4. The number of esters is 5. The van der Waals surface area contributed by atoms with E-state index in [1.165, 1.54) is 0 Å². The zero-order chi connectivity index (χ0) is 25.7. The summed E-state index contributed by atoms with van der Waals surface area (Å²) < 4.78 is 31.9. The molecule has 0 aromatic carbocycles. The Hall–Kier alpha value is -2.95. The van der Waals surface area contributed by atoms with Crippen molar-refractivity contribution in [2.45, 2.75) is 96.9 Å². The fourth-order valence-electron chi connectivity index (χ4n) is 3.09. The molecule has 0 bridgehead atoms. The van der Waals surface area contributed by atoms with Gasteiger partial charge in [-0.15, -0.1) is 0 Å². The Morgan fingerprint density at radius 1 is 0.676 bits per heavy atom. The molecule has 192 valence electrons. The molecular formula is C23H34O11. The number of rotatable bonds is 12. The van der Waals surface area contributed by atoms with Crippen LogP contribution in [0.3, 0.4) is 0 Å². The Labute approximate surface area is 199 Å². The smallest absolute Gasteiger partial charge is 0.333 e. The molecule has 0 aromatic heterocycles. The van der Waals surface area contributed by atoms with E-state index in [0.29, 0.717) is 19.3 Å². The Morgan fingerprint density at radius 3 is 1.59 bits per heavy atom. The normalized spacial score (nSPS) is 24.2. The van der Waals surface area contributed by atoms with Crippen molar-refractivity contribution in [2.75, 3.05) is 7.11 Å². The van der Waals surface area contributed by atoms with Crippen molar-refractivity contribution in [3.8, 4) is 0 Å². The summed E-state index contributed by atoms with van der Waals surface area (Å²) in [5, 5.41) is 0. The summed E-state index contributed by atoms with van der Waals surface area (Å²) in [6, 6.07) is 0. The number of ether oxygens (including phenoxy) is 6. The molecule has 0 saturated carbocycles. The Morgan fingerprint density at radius 2 is 1.12 bits per heavy atom. The number of hydrogen-bond acceptors (Lipinski definition) is 11. The predicted octanol–water partition coefficient (Wildman–Crippen LogP) is 2.14. The summed E-state index contributed by atoms with van der Waals surface area (Å²) in [5.74, 6) is -3.57. The first-order chi connectivity index (χ1) is 16.2. The summed E-state index contributed by atoms with van der Waals surface area (Å²) in [5.41, 5.74) is 0. The van der Waals surface area contributed by atoms with E-state index in [2.05, 4.69) is 4.74 Å². The summed E-state index contributed by atoms with van der Waals surface area (Å²) in [6.07, 6.45) is -2.78. The molecule has 11 nitrogen and oxygen atoms in total. The molecule has 1 saturated heterocycles. The summed E-state index contributed by atoms with van der Waals surface area (Å²) >= 11 is 0. The van der Waals surface area contributed by atoms with Crippen LogP contribution in [-0.4, -0.2) is 67.7 Å². The first-order valence-electron chi connectivity index (χ1n) is 11.4. The molecule has 11 heteroatoms. The Kier molecular flexibility index (Phi) is 12.9. The SMILES string of the molecule is CCCC(=O)O[C@H]1[C@@H](OC(=O)CCC)[C@@H](C)O[C@@H](OC(=O)/C=C/C(=O)OC)[C@@H]1OC(=O)CCC. The maximum atomic E-state index is 12.4. The van der Waals surface area contributed by atoms with Gasteiger partial charge in [-0.2, -0.15) is 0 Å². The molecule has 1 fully saturated rings. The molecule has 1 rings (SSSR count). The zero-order valence-electron chi connectivity index (χ0n) is 20.3. The molecule has 0 aromatic rings. The summed E-state index contributed by atoms with van der Waals surface area (Å²) in [6.45, 7) is 6.89. The lowest BCUT2D eigenvalue weighted by Gasteiger charge is -2.43. The molecule has 0 amide bonds. The van der Waals surface area contributed by atoms with Crippen LogP contribution in [0.4, 0.5) is 0 Å². The fraction of sp³-hybridized carbons (Fsp3) is 0.696. The minimum absolute atomic E-state index is 0.0465. The molecule has 5 atom stereocenters. The Balaban J connectivity index is 3.28. The highest BCUT2D eigenvalue weighted by Gasteiger charge is 2.52. The second-order valence-electron chi connectivity index (χ2n) is 7.62. The minimum atomic E-state index is -1.49. The monoisotopic (exact) mass is 486 g/mol. The van der Waals surface area contributed by atoms with Gasteiger partial charge in [0.2, 0.25) is 12.4 Å². The molecule has 1 aliphatic heterocycles. The van der Waals surface area contributed by atoms with E-state index < -0.39 is 60.6 Å². The maximum Gasteiger partial charge on any atom is 0.333 e. The second-order valence-corrected chi connectivity index (χ2v) is 7.62. The fourth-order valence-corrected chi connectivity index (χ4v) is 3.09. The first kappa shape index (κ1) is 29.1. The van der Waals surface area contributed by atoms with E-state index in [1.54, 1.807) is 27.7 Å². The minimum Gasteiger partial charge on any atom is -0.466 e. The zero-order valence-corrected chi connectivity index (χ0v) is 20.3. The third-order valence-corrected chi connectivity index (χ3v) is 4.68. The third-order valence-electron chi connectivity index (χ3n) is 4.68. The lowest BCUT2D eigenvalue weighted by Crippen LogP contribution is -2.61. The van der Waals surface area contributed by atoms with Gasteiger partial charge in [-0.1, -0.05) is 20.8 Å². The van der Waals surface area contributed by atoms with Crippen LogP contribution in [0.2, 0.25) is 0 Å². The highest BCUT2D eigenvalue weighted by Crippen LogP contribution is 2.30. The van der Waals surface area contributed by atoms with Crippen molar-refractivity contribution in [3.05, 3.63) is 12.2 Å². The van der Waals surface area contributed by atoms with Crippen molar-refractivity contribution in [1.82, 2.24) is 0 Å².